The number of rotatable bonds is 2. The van der Waals surface area contributed by atoms with Crippen LogP contribution >= 0.6 is 0 Å². The van der Waals surface area contributed by atoms with E-state index in [2.05, 4.69) is 0 Å². The number of carbonyl (C=O) groups is 2. The van der Waals surface area contributed by atoms with Crippen molar-refractivity contribution in [3.8, 4) is 0 Å². The summed E-state index contributed by atoms with van der Waals surface area (Å²) in [6, 6.07) is -0.660. The lowest BCUT2D eigenvalue weighted by molar-refractivity contribution is -0.149. The second-order valence-electron chi connectivity index (χ2n) is 3.32. The zero-order valence-corrected chi connectivity index (χ0v) is 8.28. The number of ether oxygens (including phenoxy) is 1. The Kier molecular flexibility index (Phi) is 3.73. The topological polar surface area (TPSA) is 70.4 Å². The van der Waals surface area contributed by atoms with Gasteiger partial charge in [-0.3, -0.25) is 4.79 Å². The van der Waals surface area contributed by atoms with Gasteiger partial charge < -0.3 is 9.64 Å². The summed E-state index contributed by atoms with van der Waals surface area (Å²) < 4.78 is 4.89. The fourth-order valence-corrected chi connectivity index (χ4v) is 1.58. The number of hydrogen-bond donors (Lipinski definition) is 0. The molecular formula is C9H15N2O3. The molecule has 1 saturated heterocycles. The SMILES string of the molecule is CCOC(=O)C1CCN(C([NH])=O)CC1. The first-order chi connectivity index (χ1) is 6.65. The minimum atomic E-state index is -0.660. The van der Waals surface area contributed by atoms with Crippen molar-refractivity contribution in [1.29, 1.82) is 0 Å². The van der Waals surface area contributed by atoms with Crippen LogP contribution in [0.2, 0.25) is 0 Å². The molecule has 0 saturated carbocycles. The molecular weight excluding hydrogens is 184 g/mol. The maximum atomic E-state index is 11.3. The third-order valence-electron chi connectivity index (χ3n) is 2.40. The minimum absolute atomic E-state index is 0.0921. The first-order valence-electron chi connectivity index (χ1n) is 4.82. The molecule has 1 aliphatic heterocycles. The van der Waals surface area contributed by atoms with Crippen LogP contribution in [0.1, 0.15) is 19.8 Å². The van der Waals surface area contributed by atoms with Gasteiger partial charge in [-0.15, -0.1) is 0 Å². The molecule has 0 aromatic rings. The summed E-state index contributed by atoms with van der Waals surface area (Å²) >= 11 is 0. The van der Waals surface area contributed by atoms with E-state index in [1.165, 1.54) is 4.90 Å². The zero-order chi connectivity index (χ0) is 10.6. The summed E-state index contributed by atoms with van der Waals surface area (Å²) in [5, 5.41) is 0. The first-order valence-corrected chi connectivity index (χ1v) is 4.82. The molecule has 0 aromatic heterocycles. The Morgan fingerprint density at radius 2 is 2.00 bits per heavy atom. The van der Waals surface area contributed by atoms with Crippen molar-refractivity contribution >= 4 is 12.0 Å². The number of esters is 1. The van der Waals surface area contributed by atoms with Crippen molar-refractivity contribution in [3.63, 3.8) is 0 Å². The van der Waals surface area contributed by atoms with Crippen LogP contribution in [0.25, 0.3) is 0 Å². The number of carbonyl (C=O) groups excluding carboxylic acids is 2. The van der Waals surface area contributed by atoms with Crippen molar-refractivity contribution in [2.24, 2.45) is 5.92 Å². The maximum Gasteiger partial charge on any atom is 0.336 e. The summed E-state index contributed by atoms with van der Waals surface area (Å²) in [4.78, 5) is 23.4. The molecule has 1 heterocycles. The van der Waals surface area contributed by atoms with Crippen molar-refractivity contribution in [2.45, 2.75) is 19.8 Å². The second kappa shape index (κ2) is 4.83. The monoisotopic (exact) mass is 199 g/mol. The molecule has 0 atom stereocenters. The average Bonchev–Trinajstić information content (AvgIpc) is 2.18. The predicted molar refractivity (Wildman–Crippen MR) is 49.4 cm³/mol. The Morgan fingerprint density at radius 1 is 1.43 bits per heavy atom. The molecule has 0 spiro atoms. The lowest BCUT2D eigenvalue weighted by atomic mass is 9.97. The lowest BCUT2D eigenvalue weighted by Gasteiger charge is -2.28. The van der Waals surface area contributed by atoms with E-state index in [1.807, 2.05) is 0 Å². The van der Waals surface area contributed by atoms with E-state index in [1.54, 1.807) is 6.92 Å². The summed E-state index contributed by atoms with van der Waals surface area (Å²) in [5.74, 6) is -0.268. The van der Waals surface area contributed by atoms with Crippen LogP contribution in [0.3, 0.4) is 0 Å². The second-order valence-corrected chi connectivity index (χ2v) is 3.32. The number of likely N-dealkylation sites (tertiary alicyclic amines) is 1. The molecule has 14 heavy (non-hydrogen) atoms. The highest BCUT2D eigenvalue weighted by Gasteiger charge is 2.27. The van der Waals surface area contributed by atoms with E-state index >= 15 is 0 Å². The largest absolute Gasteiger partial charge is 0.466 e. The molecule has 5 nitrogen and oxygen atoms in total. The standard InChI is InChI=1S/C9H15N2O3/c1-2-14-8(12)7-3-5-11(6-4-7)9(10)13/h7,10H,2-6H2,1H3. The van der Waals surface area contributed by atoms with E-state index in [0.29, 0.717) is 32.5 Å². The van der Waals surface area contributed by atoms with Gasteiger partial charge in [0.25, 0.3) is 0 Å². The van der Waals surface area contributed by atoms with Crippen molar-refractivity contribution in [3.05, 3.63) is 0 Å². The highest BCUT2D eigenvalue weighted by molar-refractivity contribution is 5.74. The van der Waals surface area contributed by atoms with Gasteiger partial charge in [0.1, 0.15) is 0 Å². The number of urea groups is 1. The number of piperidine rings is 1. The van der Waals surface area contributed by atoms with Gasteiger partial charge in [0.05, 0.1) is 12.5 Å². The van der Waals surface area contributed by atoms with Gasteiger partial charge in [0, 0.05) is 13.1 Å². The quantitative estimate of drug-likeness (QED) is 0.613. The van der Waals surface area contributed by atoms with Crippen LogP contribution in [0.5, 0.6) is 0 Å². The predicted octanol–water partition coefficient (Wildman–Crippen LogP) is 0.664. The summed E-state index contributed by atoms with van der Waals surface area (Å²) in [5.41, 5.74) is 6.90. The van der Waals surface area contributed by atoms with Crippen LogP contribution in [0.15, 0.2) is 0 Å². The van der Waals surface area contributed by atoms with Crippen molar-refractivity contribution in [1.82, 2.24) is 10.6 Å². The molecule has 0 aliphatic carbocycles. The third-order valence-corrected chi connectivity index (χ3v) is 2.40. The Hall–Kier alpha value is -1.26. The van der Waals surface area contributed by atoms with Gasteiger partial charge >= 0.3 is 12.0 Å². The Labute approximate surface area is 83.2 Å². The highest BCUT2D eigenvalue weighted by atomic mass is 16.5. The number of hydrogen-bond acceptors (Lipinski definition) is 3. The maximum absolute atomic E-state index is 11.3. The average molecular weight is 199 g/mol. The Balaban J connectivity index is 2.35. The van der Waals surface area contributed by atoms with E-state index < -0.39 is 6.03 Å². The van der Waals surface area contributed by atoms with E-state index in [9.17, 15) is 9.59 Å². The van der Waals surface area contributed by atoms with Crippen molar-refractivity contribution < 1.29 is 14.3 Å². The van der Waals surface area contributed by atoms with Gasteiger partial charge in [-0.1, -0.05) is 0 Å². The molecule has 1 fully saturated rings. The molecule has 5 heteroatoms. The van der Waals surface area contributed by atoms with Gasteiger partial charge in [-0.2, -0.15) is 0 Å². The zero-order valence-electron chi connectivity index (χ0n) is 8.28. The third kappa shape index (κ3) is 2.61. The summed E-state index contributed by atoms with van der Waals surface area (Å²) in [7, 11) is 0. The molecule has 0 unspecified atom stereocenters. The Bertz CT molecular complexity index is 222. The van der Waals surface area contributed by atoms with E-state index in [-0.39, 0.29) is 11.9 Å². The fraction of sp³-hybridized carbons (Fsp3) is 0.778. The van der Waals surface area contributed by atoms with Crippen LogP contribution in [-0.2, 0) is 9.53 Å². The van der Waals surface area contributed by atoms with Gasteiger partial charge in [0.15, 0.2) is 0 Å². The molecule has 2 amide bonds. The Morgan fingerprint density at radius 3 is 2.43 bits per heavy atom. The molecule has 1 radical (unpaired) electrons. The van der Waals surface area contributed by atoms with Crippen LogP contribution in [0, 0.1) is 5.92 Å². The summed E-state index contributed by atoms with van der Waals surface area (Å²) in [6.07, 6.45) is 1.23. The normalized spacial score (nSPS) is 17.9. The van der Waals surface area contributed by atoms with Crippen molar-refractivity contribution in [2.75, 3.05) is 19.7 Å². The molecule has 79 valence electrons. The van der Waals surface area contributed by atoms with Gasteiger partial charge in [-0.25, -0.2) is 10.5 Å². The minimum Gasteiger partial charge on any atom is -0.466 e. The van der Waals surface area contributed by atoms with Crippen LogP contribution in [-0.4, -0.2) is 36.6 Å². The summed E-state index contributed by atoms with van der Waals surface area (Å²) in [6.45, 7) is 3.16. The number of amides is 2. The van der Waals surface area contributed by atoms with Crippen LogP contribution in [0.4, 0.5) is 4.79 Å². The smallest absolute Gasteiger partial charge is 0.336 e. The number of nitrogens with zero attached hydrogens (tertiary/aromatic N) is 1. The molecule has 1 aliphatic rings. The molecule has 1 N–H and O–H groups in total. The first kappa shape index (κ1) is 10.8. The van der Waals surface area contributed by atoms with Gasteiger partial charge in [-0.05, 0) is 19.8 Å². The number of nitrogens with one attached hydrogen (secondary N) is 1. The molecule has 0 bridgehead atoms. The fourth-order valence-electron chi connectivity index (χ4n) is 1.58. The lowest BCUT2D eigenvalue weighted by Crippen LogP contribution is -2.40. The molecule has 1 rings (SSSR count). The van der Waals surface area contributed by atoms with Gasteiger partial charge in [0.2, 0.25) is 0 Å². The highest BCUT2D eigenvalue weighted by Crippen LogP contribution is 2.18. The van der Waals surface area contributed by atoms with E-state index in [4.69, 9.17) is 10.5 Å². The van der Waals surface area contributed by atoms with E-state index in [0.717, 1.165) is 0 Å². The molecule has 0 aromatic carbocycles. The van der Waals surface area contributed by atoms with Crippen LogP contribution < -0.4 is 5.73 Å².